The molecule has 0 aliphatic carbocycles. The first kappa shape index (κ1) is 14.6. The van der Waals surface area contributed by atoms with Crippen LogP contribution >= 0.6 is 27.5 Å². The Balaban J connectivity index is 2.46. The van der Waals surface area contributed by atoms with Crippen LogP contribution in [0.5, 0.6) is 11.5 Å². The lowest BCUT2D eigenvalue weighted by molar-refractivity contribution is 0.318. The van der Waals surface area contributed by atoms with E-state index in [4.69, 9.17) is 27.3 Å². The number of oxime groups is 1. The van der Waals surface area contributed by atoms with Gasteiger partial charge in [-0.3, -0.25) is 0 Å². The molecule has 2 aromatic rings. The van der Waals surface area contributed by atoms with Crippen LogP contribution in [0.25, 0.3) is 0 Å². The van der Waals surface area contributed by atoms with Crippen LogP contribution in [-0.4, -0.2) is 11.0 Å². The van der Waals surface area contributed by atoms with Gasteiger partial charge in [0.15, 0.2) is 5.84 Å². The first-order chi connectivity index (χ1) is 9.52. The number of nitrogens with zero attached hydrogens (tertiary/aromatic N) is 1. The second kappa shape index (κ2) is 6.11. The summed E-state index contributed by atoms with van der Waals surface area (Å²) in [6.45, 7) is 0. The van der Waals surface area contributed by atoms with E-state index in [0.717, 1.165) is 6.07 Å². The van der Waals surface area contributed by atoms with Gasteiger partial charge < -0.3 is 15.7 Å². The molecule has 4 nitrogen and oxygen atoms in total. The fourth-order valence-electron chi connectivity index (χ4n) is 1.56. The number of rotatable bonds is 3. The maximum Gasteiger partial charge on any atom is 0.175 e. The molecule has 0 heterocycles. The average Bonchev–Trinajstić information content (AvgIpc) is 2.41. The summed E-state index contributed by atoms with van der Waals surface area (Å²) < 4.78 is 19.2. The first-order valence-electron chi connectivity index (χ1n) is 5.42. The van der Waals surface area contributed by atoms with E-state index in [9.17, 15) is 4.39 Å². The van der Waals surface area contributed by atoms with Crippen molar-refractivity contribution in [1.82, 2.24) is 0 Å². The molecule has 7 heteroatoms. The van der Waals surface area contributed by atoms with Gasteiger partial charge in [0.05, 0.1) is 10.6 Å². The number of ether oxygens (including phenoxy) is 1. The zero-order chi connectivity index (χ0) is 14.7. The number of hydrogen-bond donors (Lipinski definition) is 2. The topological polar surface area (TPSA) is 67.8 Å². The summed E-state index contributed by atoms with van der Waals surface area (Å²) in [5.41, 5.74) is 5.98. The molecule has 0 aromatic heterocycles. The van der Waals surface area contributed by atoms with E-state index in [-0.39, 0.29) is 16.6 Å². The van der Waals surface area contributed by atoms with Crippen molar-refractivity contribution >= 4 is 33.4 Å². The van der Waals surface area contributed by atoms with Gasteiger partial charge in [0.2, 0.25) is 0 Å². The highest BCUT2D eigenvalue weighted by atomic mass is 79.9. The van der Waals surface area contributed by atoms with Gasteiger partial charge in [-0.05, 0) is 46.3 Å². The van der Waals surface area contributed by atoms with E-state index in [1.54, 1.807) is 18.2 Å². The average molecular weight is 360 g/mol. The molecule has 0 amide bonds. The molecule has 0 radical (unpaired) electrons. The first-order valence-corrected chi connectivity index (χ1v) is 6.59. The van der Waals surface area contributed by atoms with Crippen LogP contribution in [0.4, 0.5) is 4.39 Å². The molecule has 0 unspecified atom stereocenters. The SMILES string of the molecule is N/C(=N/O)c1c(Br)cccc1Oc1ccc(F)cc1Cl. The Morgan fingerprint density at radius 2 is 2.05 bits per heavy atom. The molecule has 2 rings (SSSR count). The third-order valence-corrected chi connectivity index (χ3v) is 3.41. The van der Waals surface area contributed by atoms with Crippen LogP contribution < -0.4 is 10.5 Å². The molecule has 0 saturated heterocycles. The highest BCUT2D eigenvalue weighted by Gasteiger charge is 2.14. The molecule has 0 aliphatic rings. The lowest BCUT2D eigenvalue weighted by Crippen LogP contribution is -2.15. The molecular weight excluding hydrogens is 351 g/mol. The van der Waals surface area contributed by atoms with Crippen molar-refractivity contribution in [1.29, 1.82) is 0 Å². The third kappa shape index (κ3) is 3.02. The summed E-state index contributed by atoms with van der Waals surface area (Å²) in [6.07, 6.45) is 0. The number of amidine groups is 1. The van der Waals surface area contributed by atoms with Gasteiger partial charge >= 0.3 is 0 Å². The molecule has 2 aromatic carbocycles. The number of halogens is 3. The van der Waals surface area contributed by atoms with Gasteiger partial charge in [-0.1, -0.05) is 22.8 Å². The summed E-state index contributed by atoms with van der Waals surface area (Å²) in [7, 11) is 0. The fraction of sp³-hybridized carbons (Fsp3) is 0. The van der Waals surface area contributed by atoms with Gasteiger partial charge in [-0.2, -0.15) is 0 Å². The molecule has 20 heavy (non-hydrogen) atoms. The molecule has 0 fully saturated rings. The Labute approximate surface area is 127 Å². The van der Waals surface area contributed by atoms with Crippen LogP contribution in [0.15, 0.2) is 46.0 Å². The molecule has 0 bridgehead atoms. The number of nitrogens with two attached hydrogens (primary N) is 1. The number of hydrogen-bond acceptors (Lipinski definition) is 3. The zero-order valence-electron chi connectivity index (χ0n) is 9.98. The highest BCUT2D eigenvalue weighted by molar-refractivity contribution is 9.10. The maximum atomic E-state index is 13.0. The van der Waals surface area contributed by atoms with Gasteiger partial charge in [-0.25, -0.2) is 4.39 Å². The quantitative estimate of drug-likeness (QED) is 0.375. The van der Waals surface area contributed by atoms with Gasteiger partial charge in [0.1, 0.15) is 17.3 Å². The summed E-state index contributed by atoms with van der Waals surface area (Å²) in [6, 6.07) is 8.81. The molecule has 0 saturated carbocycles. The van der Waals surface area contributed by atoms with Gasteiger partial charge in [0, 0.05) is 4.47 Å². The predicted molar refractivity (Wildman–Crippen MR) is 78.1 cm³/mol. The highest BCUT2D eigenvalue weighted by Crippen LogP contribution is 2.34. The Morgan fingerprint density at radius 1 is 1.30 bits per heavy atom. The van der Waals surface area contributed by atoms with Crippen molar-refractivity contribution in [2.75, 3.05) is 0 Å². The van der Waals surface area contributed by atoms with Crippen LogP contribution in [0.1, 0.15) is 5.56 Å². The largest absolute Gasteiger partial charge is 0.455 e. The van der Waals surface area contributed by atoms with Crippen LogP contribution in [0.3, 0.4) is 0 Å². The van der Waals surface area contributed by atoms with Crippen molar-refractivity contribution in [3.8, 4) is 11.5 Å². The summed E-state index contributed by atoms with van der Waals surface area (Å²) in [5.74, 6) is 0.000277. The maximum absolute atomic E-state index is 13.0. The Hall–Kier alpha value is -1.79. The van der Waals surface area contributed by atoms with Crippen LogP contribution in [0.2, 0.25) is 5.02 Å². The van der Waals surface area contributed by atoms with Crippen LogP contribution in [0, 0.1) is 5.82 Å². The van der Waals surface area contributed by atoms with Gasteiger partial charge in [-0.15, -0.1) is 0 Å². The molecular formula is C13H9BrClFN2O2. The molecule has 3 N–H and O–H groups in total. The van der Waals surface area contributed by atoms with Crippen molar-refractivity contribution in [3.63, 3.8) is 0 Å². The lowest BCUT2D eigenvalue weighted by Gasteiger charge is -2.12. The molecule has 0 atom stereocenters. The summed E-state index contributed by atoms with van der Waals surface area (Å²) >= 11 is 9.18. The minimum Gasteiger partial charge on any atom is -0.455 e. The van der Waals surface area contributed by atoms with E-state index in [0.29, 0.717) is 15.8 Å². The van der Waals surface area contributed by atoms with E-state index in [2.05, 4.69) is 21.1 Å². The Kier molecular flexibility index (Phi) is 4.46. The minimum absolute atomic E-state index is 0.120. The normalized spacial score (nSPS) is 11.4. The number of benzene rings is 2. The van der Waals surface area contributed by atoms with Crippen molar-refractivity contribution in [2.45, 2.75) is 0 Å². The Morgan fingerprint density at radius 3 is 2.70 bits per heavy atom. The van der Waals surface area contributed by atoms with E-state index in [1.807, 2.05) is 0 Å². The van der Waals surface area contributed by atoms with Crippen molar-refractivity contribution in [2.24, 2.45) is 10.9 Å². The standard InChI is InChI=1S/C13H9BrClFN2O2/c14-8-2-1-3-11(12(8)13(17)18-19)20-10-5-4-7(16)6-9(10)15/h1-6,19H,(H2,17,18). The Bertz CT molecular complexity index is 679. The lowest BCUT2D eigenvalue weighted by atomic mass is 10.2. The predicted octanol–water partition coefficient (Wildman–Crippen LogP) is 4.13. The zero-order valence-corrected chi connectivity index (χ0v) is 12.3. The minimum atomic E-state index is -0.465. The smallest absolute Gasteiger partial charge is 0.175 e. The molecule has 104 valence electrons. The third-order valence-electron chi connectivity index (χ3n) is 2.45. The molecule has 0 spiro atoms. The van der Waals surface area contributed by atoms with Crippen LogP contribution in [-0.2, 0) is 0 Å². The van der Waals surface area contributed by atoms with E-state index >= 15 is 0 Å². The monoisotopic (exact) mass is 358 g/mol. The van der Waals surface area contributed by atoms with Crippen molar-refractivity contribution < 1.29 is 14.3 Å². The summed E-state index contributed by atoms with van der Waals surface area (Å²) in [4.78, 5) is 0. The van der Waals surface area contributed by atoms with E-state index < -0.39 is 5.82 Å². The molecule has 0 aliphatic heterocycles. The van der Waals surface area contributed by atoms with E-state index in [1.165, 1.54) is 12.1 Å². The summed E-state index contributed by atoms with van der Waals surface area (Å²) in [5, 5.41) is 11.9. The van der Waals surface area contributed by atoms with Crippen molar-refractivity contribution in [3.05, 3.63) is 57.3 Å². The second-order valence-electron chi connectivity index (χ2n) is 3.78. The van der Waals surface area contributed by atoms with Gasteiger partial charge in [0.25, 0.3) is 0 Å². The second-order valence-corrected chi connectivity index (χ2v) is 5.04. The fourth-order valence-corrected chi connectivity index (χ4v) is 2.32.